The number of hydrogen-bond acceptors (Lipinski definition) is 7. The van der Waals surface area contributed by atoms with Gasteiger partial charge in [-0.05, 0) is 69.9 Å². The van der Waals surface area contributed by atoms with Crippen LogP contribution in [0.4, 0.5) is 5.95 Å². The van der Waals surface area contributed by atoms with Crippen LogP contribution < -0.4 is 9.64 Å². The lowest BCUT2D eigenvalue weighted by molar-refractivity contribution is -0.135. The first-order chi connectivity index (χ1) is 17.1. The summed E-state index contributed by atoms with van der Waals surface area (Å²) in [5.74, 6) is 1.64. The van der Waals surface area contributed by atoms with Crippen LogP contribution in [0.1, 0.15) is 44.0 Å². The van der Waals surface area contributed by atoms with Crippen LogP contribution in [-0.2, 0) is 16.1 Å². The lowest BCUT2D eigenvalue weighted by atomic mass is 10.1. The summed E-state index contributed by atoms with van der Waals surface area (Å²) >= 11 is 0. The first-order valence-corrected chi connectivity index (χ1v) is 12.6. The molecule has 2 saturated heterocycles. The molecule has 3 aromatic rings. The molecule has 35 heavy (non-hydrogen) atoms. The molecule has 5 rings (SSSR count). The highest BCUT2D eigenvalue weighted by atomic mass is 16.5. The summed E-state index contributed by atoms with van der Waals surface area (Å²) in [7, 11) is 0. The average Bonchev–Trinajstić information content (AvgIpc) is 3.38. The maximum Gasteiger partial charge on any atom is 0.245 e. The van der Waals surface area contributed by atoms with Crippen LogP contribution in [0.3, 0.4) is 0 Å². The summed E-state index contributed by atoms with van der Waals surface area (Å²) in [5.41, 5.74) is 2.71. The topological polar surface area (TPSA) is 80.7 Å². The van der Waals surface area contributed by atoms with E-state index in [9.17, 15) is 4.79 Å². The number of anilines is 1. The molecule has 4 heterocycles. The van der Waals surface area contributed by atoms with E-state index >= 15 is 0 Å². The number of ether oxygens (including phenoxy) is 2. The molecule has 0 aliphatic carbocycles. The Morgan fingerprint density at radius 1 is 1.09 bits per heavy atom. The van der Waals surface area contributed by atoms with Crippen LogP contribution in [-0.4, -0.2) is 64.1 Å². The van der Waals surface area contributed by atoms with Crippen molar-refractivity contribution in [1.82, 2.24) is 19.9 Å². The molecule has 2 aliphatic heterocycles. The van der Waals surface area contributed by atoms with Gasteiger partial charge in [-0.15, -0.1) is 0 Å². The van der Waals surface area contributed by atoms with Gasteiger partial charge in [0, 0.05) is 31.2 Å². The fourth-order valence-electron chi connectivity index (χ4n) is 5.03. The number of carbonyl (C=O) groups is 1. The molecule has 0 N–H and O–H groups in total. The van der Waals surface area contributed by atoms with Crippen LogP contribution in [0, 0.1) is 6.92 Å². The molecule has 1 aromatic carbocycles. The number of piperidine rings is 1. The van der Waals surface area contributed by atoms with Crippen LogP contribution in [0.5, 0.6) is 5.75 Å². The molecule has 0 spiro atoms. The minimum absolute atomic E-state index is 0.161. The van der Waals surface area contributed by atoms with Gasteiger partial charge in [-0.2, -0.15) is 0 Å². The van der Waals surface area contributed by atoms with E-state index in [1.807, 2.05) is 55.1 Å². The number of benzene rings is 1. The van der Waals surface area contributed by atoms with Gasteiger partial charge in [0.2, 0.25) is 11.9 Å². The van der Waals surface area contributed by atoms with Crippen molar-refractivity contribution in [1.29, 1.82) is 0 Å². The van der Waals surface area contributed by atoms with E-state index in [0.717, 1.165) is 60.3 Å². The first kappa shape index (κ1) is 23.5. The van der Waals surface area contributed by atoms with E-state index in [1.165, 1.54) is 0 Å². The van der Waals surface area contributed by atoms with Crippen molar-refractivity contribution < 1.29 is 14.3 Å². The normalized spacial score (nSPS) is 18.9. The number of fused-ring (bicyclic) bond motifs is 1. The Morgan fingerprint density at radius 2 is 1.94 bits per heavy atom. The van der Waals surface area contributed by atoms with Crippen molar-refractivity contribution in [2.24, 2.45) is 0 Å². The molecule has 0 unspecified atom stereocenters. The maximum atomic E-state index is 13.5. The van der Waals surface area contributed by atoms with Gasteiger partial charge >= 0.3 is 0 Å². The monoisotopic (exact) mass is 475 g/mol. The summed E-state index contributed by atoms with van der Waals surface area (Å²) in [5, 5.41) is 0.981. The number of likely N-dealkylation sites (tertiary alicyclic amines) is 1. The molecular weight excluding hydrogens is 442 g/mol. The van der Waals surface area contributed by atoms with Gasteiger partial charge in [0.05, 0.1) is 36.2 Å². The standard InChI is InChI=1S/C27H33N5O3/c1-3-34-22-9-10-24-23(17-22)19(2)29-27(30-24)32-14-6-8-25(32)26(33)31-15-11-21(12-16-31)35-18-20-7-4-5-13-28-20/h4-5,7,9-10,13,17,21,25H,3,6,8,11-12,14-16,18H2,1-2H3/t25-/m0/s1. The lowest BCUT2D eigenvalue weighted by Gasteiger charge is -2.35. The first-order valence-electron chi connectivity index (χ1n) is 12.6. The SMILES string of the molecule is CCOc1ccc2nc(N3CCC[C@H]3C(=O)N3CCC(OCc4ccccn4)CC3)nc(C)c2c1. The molecule has 2 aliphatic rings. The molecule has 184 valence electrons. The minimum Gasteiger partial charge on any atom is -0.494 e. The highest BCUT2D eigenvalue weighted by molar-refractivity contribution is 5.87. The number of rotatable bonds is 7. The van der Waals surface area contributed by atoms with E-state index in [-0.39, 0.29) is 18.1 Å². The van der Waals surface area contributed by atoms with E-state index in [2.05, 4.69) is 9.88 Å². The summed E-state index contributed by atoms with van der Waals surface area (Å²) < 4.78 is 11.7. The number of carbonyl (C=O) groups excluding carboxylic acids is 1. The second-order valence-electron chi connectivity index (χ2n) is 9.23. The van der Waals surface area contributed by atoms with Crippen molar-refractivity contribution in [2.45, 2.75) is 58.3 Å². The summed E-state index contributed by atoms with van der Waals surface area (Å²) in [6.45, 7) is 7.32. The number of nitrogens with zero attached hydrogens (tertiary/aromatic N) is 5. The fourth-order valence-corrected chi connectivity index (χ4v) is 5.03. The third-order valence-corrected chi connectivity index (χ3v) is 6.90. The largest absolute Gasteiger partial charge is 0.494 e. The van der Waals surface area contributed by atoms with Crippen molar-refractivity contribution >= 4 is 22.8 Å². The smallest absolute Gasteiger partial charge is 0.245 e. The van der Waals surface area contributed by atoms with Crippen LogP contribution in [0.15, 0.2) is 42.6 Å². The second kappa shape index (κ2) is 10.6. The molecule has 1 atom stereocenters. The molecule has 8 heteroatoms. The summed E-state index contributed by atoms with van der Waals surface area (Å²) in [4.78, 5) is 31.5. The van der Waals surface area contributed by atoms with Gasteiger partial charge in [-0.3, -0.25) is 9.78 Å². The number of hydrogen-bond donors (Lipinski definition) is 0. The molecule has 0 radical (unpaired) electrons. The van der Waals surface area contributed by atoms with E-state index in [4.69, 9.17) is 19.4 Å². The van der Waals surface area contributed by atoms with Gasteiger partial charge in [-0.1, -0.05) is 6.07 Å². The van der Waals surface area contributed by atoms with Gasteiger partial charge in [0.1, 0.15) is 11.8 Å². The number of aromatic nitrogens is 3. The summed E-state index contributed by atoms with van der Waals surface area (Å²) in [6, 6.07) is 11.5. The Bertz CT molecular complexity index is 1160. The molecule has 1 amide bonds. The maximum absolute atomic E-state index is 13.5. The quantitative estimate of drug-likeness (QED) is 0.513. The van der Waals surface area contributed by atoms with Crippen LogP contribution in [0.2, 0.25) is 0 Å². The molecule has 0 saturated carbocycles. The molecule has 8 nitrogen and oxygen atoms in total. The fraction of sp³-hybridized carbons (Fsp3) is 0.481. The Balaban J connectivity index is 1.23. The van der Waals surface area contributed by atoms with Gasteiger partial charge in [0.25, 0.3) is 0 Å². The Morgan fingerprint density at radius 3 is 2.71 bits per heavy atom. The summed E-state index contributed by atoms with van der Waals surface area (Å²) in [6.07, 6.45) is 5.43. The van der Waals surface area contributed by atoms with Crippen LogP contribution in [0.25, 0.3) is 10.9 Å². The van der Waals surface area contributed by atoms with E-state index < -0.39 is 0 Å². The lowest BCUT2D eigenvalue weighted by Crippen LogP contribution is -2.49. The predicted molar refractivity (Wildman–Crippen MR) is 134 cm³/mol. The van der Waals surface area contributed by atoms with Crippen LogP contribution >= 0.6 is 0 Å². The number of aryl methyl sites for hydroxylation is 1. The zero-order valence-corrected chi connectivity index (χ0v) is 20.5. The van der Waals surface area contributed by atoms with Gasteiger partial charge in [-0.25, -0.2) is 9.97 Å². The third kappa shape index (κ3) is 5.22. The Kier molecular flexibility index (Phi) is 7.08. The van der Waals surface area contributed by atoms with Crippen molar-refractivity contribution in [3.05, 3.63) is 54.0 Å². The number of pyridine rings is 1. The molecular formula is C27H33N5O3. The molecule has 2 fully saturated rings. The number of amides is 1. The Labute approximate surface area is 206 Å². The minimum atomic E-state index is -0.208. The zero-order valence-electron chi connectivity index (χ0n) is 20.5. The van der Waals surface area contributed by atoms with Gasteiger partial charge in [0.15, 0.2) is 0 Å². The van der Waals surface area contributed by atoms with Crippen molar-refractivity contribution in [3.63, 3.8) is 0 Å². The van der Waals surface area contributed by atoms with E-state index in [0.29, 0.717) is 32.3 Å². The van der Waals surface area contributed by atoms with Crippen molar-refractivity contribution in [2.75, 3.05) is 31.1 Å². The van der Waals surface area contributed by atoms with Gasteiger partial charge < -0.3 is 19.3 Å². The third-order valence-electron chi connectivity index (χ3n) is 6.90. The highest BCUT2D eigenvalue weighted by Gasteiger charge is 2.36. The molecule has 2 aromatic heterocycles. The molecule has 0 bridgehead atoms. The average molecular weight is 476 g/mol. The predicted octanol–water partition coefficient (Wildman–Crippen LogP) is 3.91. The zero-order chi connectivity index (χ0) is 24.2. The van der Waals surface area contributed by atoms with E-state index in [1.54, 1.807) is 6.20 Å². The highest BCUT2D eigenvalue weighted by Crippen LogP contribution is 2.29. The Hall–Kier alpha value is -3.26. The second-order valence-corrected chi connectivity index (χ2v) is 9.23. The van der Waals surface area contributed by atoms with Crippen molar-refractivity contribution in [3.8, 4) is 5.75 Å².